The van der Waals surface area contributed by atoms with E-state index in [4.69, 9.17) is 0 Å². The maximum atomic E-state index is 12.2. The largest absolute Gasteiger partial charge is 0.352 e. The van der Waals surface area contributed by atoms with Gasteiger partial charge in [0, 0.05) is 25.5 Å². The number of anilines is 2. The van der Waals surface area contributed by atoms with Gasteiger partial charge in [-0.1, -0.05) is 0 Å². The molecular weight excluding hydrogens is 304 g/mol. The topological polar surface area (TPSA) is 75.1 Å². The number of pyridine rings is 1. The predicted octanol–water partition coefficient (Wildman–Crippen LogP) is 1.96. The van der Waals surface area contributed by atoms with Crippen LogP contribution < -0.4 is 10.6 Å². The first kappa shape index (κ1) is 16.4. The van der Waals surface area contributed by atoms with Gasteiger partial charge in [-0.15, -0.1) is 0 Å². The number of likely N-dealkylation sites (tertiary alicyclic amines) is 1. The molecule has 0 aromatic carbocycles. The fourth-order valence-electron chi connectivity index (χ4n) is 3.01. The van der Waals surface area contributed by atoms with Crippen molar-refractivity contribution in [3.05, 3.63) is 35.9 Å². The molecule has 7 nitrogen and oxygen atoms in total. The molecule has 2 N–H and O–H groups in total. The molecule has 1 amide bonds. The summed E-state index contributed by atoms with van der Waals surface area (Å²) in [7, 11) is 2.13. The lowest BCUT2D eigenvalue weighted by Gasteiger charge is -2.11. The highest BCUT2D eigenvalue weighted by Gasteiger charge is 2.23. The standard InChI is InChI=1S/C17H24N6O/c1-4-19-17(24)14-5-7-18-9-15(14)20-16-11-23(21-12(16)2)13-6-8-22(3)10-13/h5,7,9,11,13,20H,4,6,8,10H2,1-3H3,(H,19,24). The Morgan fingerprint density at radius 2 is 2.25 bits per heavy atom. The quantitative estimate of drug-likeness (QED) is 0.877. The summed E-state index contributed by atoms with van der Waals surface area (Å²) < 4.78 is 2.03. The Kier molecular flexibility index (Phi) is 4.80. The van der Waals surface area contributed by atoms with Gasteiger partial charge in [-0.05, 0) is 39.9 Å². The molecule has 0 bridgehead atoms. The number of aromatic nitrogens is 3. The minimum Gasteiger partial charge on any atom is -0.352 e. The van der Waals surface area contributed by atoms with E-state index in [1.165, 1.54) is 0 Å². The summed E-state index contributed by atoms with van der Waals surface area (Å²) in [4.78, 5) is 18.6. The first-order chi connectivity index (χ1) is 11.6. The number of rotatable bonds is 5. The van der Waals surface area contributed by atoms with Crippen LogP contribution in [0.15, 0.2) is 24.7 Å². The van der Waals surface area contributed by atoms with Crippen LogP contribution in [-0.2, 0) is 0 Å². The number of nitrogens with one attached hydrogen (secondary N) is 2. The van der Waals surface area contributed by atoms with E-state index in [-0.39, 0.29) is 5.91 Å². The molecule has 24 heavy (non-hydrogen) atoms. The van der Waals surface area contributed by atoms with Crippen molar-refractivity contribution in [1.29, 1.82) is 0 Å². The van der Waals surface area contributed by atoms with Gasteiger partial charge < -0.3 is 15.5 Å². The molecule has 7 heteroatoms. The molecule has 3 rings (SSSR count). The van der Waals surface area contributed by atoms with Crippen LogP contribution in [0.5, 0.6) is 0 Å². The molecule has 1 fully saturated rings. The maximum absolute atomic E-state index is 12.2. The highest BCUT2D eigenvalue weighted by Crippen LogP contribution is 2.26. The average molecular weight is 328 g/mol. The number of nitrogens with zero attached hydrogens (tertiary/aromatic N) is 4. The van der Waals surface area contributed by atoms with E-state index < -0.39 is 0 Å². The van der Waals surface area contributed by atoms with Gasteiger partial charge in [0.1, 0.15) is 0 Å². The Labute approximate surface area is 142 Å². The van der Waals surface area contributed by atoms with Crippen LogP contribution in [0.4, 0.5) is 11.4 Å². The van der Waals surface area contributed by atoms with Gasteiger partial charge in [-0.2, -0.15) is 5.10 Å². The van der Waals surface area contributed by atoms with E-state index in [1.807, 2.05) is 24.7 Å². The van der Waals surface area contributed by atoms with Gasteiger partial charge in [0.15, 0.2) is 0 Å². The van der Waals surface area contributed by atoms with E-state index in [9.17, 15) is 4.79 Å². The van der Waals surface area contributed by atoms with E-state index in [0.29, 0.717) is 23.8 Å². The lowest BCUT2D eigenvalue weighted by molar-refractivity contribution is 0.0956. The summed E-state index contributed by atoms with van der Waals surface area (Å²) in [6, 6.07) is 2.12. The summed E-state index contributed by atoms with van der Waals surface area (Å²) >= 11 is 0. The number of carbonyl (C=O) groups is 1. The third-order valence-corrected chi connectivity index (χ3v) is 4.33. The molecule has 1 aliphatic heterocycles. The van der Waals surface area contributed by atoms with Crippen LogP contribution >= 0.6 is 0 Å². The van der Waals surface area contributed by atoms with Crippen LogP contribution in [0.2, 0.25) is 0 Å². The SMILES string of the molecule is CCNC(=O)c1ccncc1Nc1cn(C2CCN(C)C2)nc1C. The Hall–Kier alpha value is -2.41. The minimum absolute atomic E-state index is 0.107. The summed E-state index contributed by atoms with van der Waals surface area (Å²) in [6.07, 6.45) is 6.42. The molecule has 128 valence electrons. The second-order valence-electron chi connectivity index (χ2n) is 6.22. The van der Waals surface area contributed by atoms with Crippen LogP contribution in [-0.4, -0.2) is 52.3 Å². The zero-order valence-electron chi connectivity index (χ0n) is 14.4. The number of hydrogen-bond donors (Lipinski definition) is 2. The predicted molar refractivity (Wildman–Crippen MR) is 93.6 cm³/mol. The Morgan fingerprint density at radius 3 is 2.96 bits per heavy atom. The van der Waals surface area contributed by atoms with Gasteiger partial charge in [0.05, 0.1) is 34.9 Å². The lowest BCUT2D eigenvalue weighted by Crippen LogP contribution is -2.23. The molecule has 3 heterocycles. The van der Waals surface area contributed by atoms with Crippen LogP contribution in [0.1, 0.15) is 35.4 Å². The number of hydrogen-bond acceptors (Lipinski definition) is 5. The summed E-state index contributed by atoms with van der Waals surface area (Å²) in [5, 5.41) is 10.8. The molecule has 1 aliphatic rings. The molecular formula is C17H24N6O. The van der Waals surface area contributed by atoms with Crippen molar-refractivity contribution in [2.24, 2.45) is 0 Å². The minimum atomic E-state index is -0.107. The number of likely N-dealkylation sites (N-methyl/N-ethyl adjacent to an activating group) is 1. The van der Waals surface area contributed by atoms with Gasteiger partial charge in [0.2, 0.25) is 0 Å². The van der Waals surface area contributed by atoms with Crippen molar-refractivity contribution in [2.75, 3.05) is 32.0 Å². The molecule has 2 aromatic rings. The van der Waals surface area contributed by atoms with Crippen molar-refractivity contribution in [3.8, 4) is 0 Å². The molecule has 1 saturated heterocycles. The summed E-state index contributed by atoms with van der Waals surface area (Å²) in [5.41, 5.74) is 3.09. The third kappa shape index (κ3) is 3.41. The van der Waals surface area contributed by atoms with Gasteiger partial charge in [-0.25, -0.2) is 0 Å². The number of amides is 1. The molecule has 1 atom stereocenters. The maximum Gasteiger partial charge on any atom is 0.253 e. The summed E-state index contributed by atoms with van der Waals surface area (Å²) in [5.74, 6) is -0.107. The van der Waals surface area contributed by atoms with Crippen molar-refractivity contribution >= 4 is 17.3 Å². The van der Waals surface area contributed by atoms with E-state index in [2.05, 4.69) is 32.7 Å². The Morgan fingerprint density at radius 1 is 1.42 bits per heavy atom. The number of aryl methyl sites for hydroxylation is 1. The fourth-order valence-corrected chi connectivity index (χ4v) is 3.01. The zero-order valence-corrected chi connectivity index (χ0v) is 14.4. The molecule has 0 radical (unpaired) electrons. The fraction of sp³-hybridized carbons (Fsp3) is 0.471. The highest BCUT2D eigenvalue weighted by atomic mass is 16.1. The van der Waals surface area contributed by atoms with Crippen LogP contribution in [0.25, 0.3) is 0 Å². The van der Waals surface area contributed by atoms with Crippen molar-refractivity contribution in [2.45, 2.75) is 26.3 Å². The lowest BCUT2D eigenvalue weighted by atomic mass is 10.2. The normalized spacial score (nSPS) is 17.9. The van der Waals surface area contributed by atoms with Crippen molar-refractivity contribution in [3.63, 3.8) is 0 Å². The van der Waals surface area contributed by atoms with Gasteiger partial charge in [0.25, 0.3) is 5.91 Å². The second-order valence-corrected chi connectivity index (χ2v) is 6.22. The van der Waals surface area contributed by atoms with Crippen molar-refractivity contribution in [1.82, 2.24) is 25.0 Å². The van der Waals surface area contributed by atoms with Crippen LogP contribution in [0, 0.1) is 6.92 Å². The molecule has 0 aliphatic carbocycles. The highest BCUT2D eigenvalue weighted by molar-refractivity contribution is 6.00. The van der Waals surface area contributed by atoms with E-state index in [1.54, 1.807) is 18.5 Å². The second kappa shape index (κ2) is 7.00. The zero-order chi connectivity index (χ0) is 17.1. The first-order valence-electron chi connectivity index (χ1n) is 8.32. The van der Waals surface area contributed by atoms with E-state index >= 15 is 0 Å². The Bertz CT molecular complexity index is 726. The number of carbonyl (C=O) groups excluding carboxylic acids is 1. The molecule has 1 unspecified atom stereocenters. The molecule has 0 spiro atoms. The van der Waals surface area contributed by atoms with Crippen LogP contribution in [0.3, 0.4) is 0 Å². The van der Waals surface area contributed by atoms with Gasteiger partial charge in [-0.3, -0.25) is 14.5 Å². The Balaban J connectivity index is 1.82. The first-order valence-corrected chi connectivity index (χ1v) is 8.32. The van der Waals surface area contributed by atoms with Gasteiger partial charge >= 0.3 is 0 Å². The van der Waals surface area contributed by atoms with Crippen molar-refractivity contribution < 1.29 is 4.79 Å². The average Bonchev–Trinajstić information content (AvgIpc) is 3.15. The monoisotopic (exact) mass is 328 g/mol. The molecule has 0 saturated carbocycles. The smallest absolute Gasteiger partial charge is 0.253 e. The molecule has 2 aromatic heterocycles. The third-order valence-electron chi connectivity index (χ3n) is 4.33. The van der Waals surface area contributed by atoms with E-state index in [0.717, 1.165) is 30.9 Å². The summed E-state index contributed by atoms with van der Waals surface area (Å²) in [6.45, 7) is 6.57.